The van der Waals surface area contributed by atoms with Crippen LogP contribution in [0.1, 0.15) is 6.92 Å². The summed E-state index contributed by atoms with van der Waals surface area (Å²) in [4.78, 5) is 23.3. The molecule has 138 valence electrons. The van der Waals surface area contributed by atoms with Gasteiger partial charge in [0.25, 0.3) is 5.91 Å². The van der Waals surface area contributed by atoms with E-state index in [1.807, 2.05) is 48.5 Å². The fraction of sp³-hybridized carbons (Fsp3) is 0.150. The number of benzene rings is 2. The Morgan fingerprint density at radius 1 is 1.11 bits per heavy atom. The number of esters is 1. The van der Waals surface area contributed by atoms with Gasteiger partial charge in [-0.1, -0.05) is 48.5 Å². The summed E-state index contributed by atoms with van der Waals surface area (Å²) in [6.07, 6.45) is 1.06. The van der Waals surface area contributed by atoms with Crippen molar-refractivity contribution in [2.75, 3.05) is 13.2 Å². The average Bonchev–Trinajstić information content (AvgIpc) is 2.70. The van der Waals surface area contributed by atoms with E-state index in [4.69, 9.17) is 14.7 Å². The standard InChI is InChI=1S/C20H19N3O4/c1-2-26-20(25)16(12-21)13-22-23-19(24)14-27-18-11-7-6-10-17(18)15-8-4-3-5-9-15/h3-11,13,22H,2,14H2,1H3,(H,23,24)/b16-13+. The fourth-order valence-corrected chi connectivity index (χ4v) is 2.16. The van der Waals surface area contributed by atoms with Gasteiger partial charge >= 0.3 is 5.97 Å². The summed E-state index contributed by atoms with van der Waals surface area (Å²) in [5.74, 6) is -0.677. The molecule has 0 aliphatic carbocycles. The minimum atomic E-state index is -0.769. The molecule has 0 saturated heterocycles. The van der Waals surface area contributed by atoms with E-state index in [-0.39, 0.29) is 18.8 Å². The van der Waals surface area contributed by atoms with Gasteiger partial charge < -0.3 is 14.9 Å². The molecule has 2 rings (SSSR count). The molecule has 0 atom stereocenters. The highest BCUT2D eigenvalue weighted by Gasteiger charge is 2.10. The second-order valence-electron chi connectivity index (χ2n) is 5.23. The molecule has 0 spiro atoms. The molecule has 7 nitrogen and oxygen atoms in total. The van der Waals surface area contributed by atoms with Gasteiger partial charge in [-0.05, 0) is 18.6 Å². The zero-order valence-electron chi connectivity index (χ0n) is 14.8. The first kappa shape index (κ1) is 19.5. The van der Waals surface area contributed by atoms with Gasteiger partial charge in [0.1, 0.15) is 11.8 Å². The summed E-state index contributed by atoms with van der Waals surface area (Å²) < 4.78 is 10.3. The smallest absolute Gasteiger partial charge is 0.350 e. The van der Waals surface area contributed by atoms with Crippen LogP contribution < -0.4 is 15.6 Å². The normalized spacial score (nSPS) is 10.4. The Hall–Kier alpha value is -3.79. The molecule has 2 aromatic carbocycles. The second-order valence-corrected chi connectivity index (χ2v) is 5.23. The maximum absolute atomic E-state index is 11.9. The van der Waals surface area contributed by atoms with Crippen molar-refractivity contribution in [3.63, 3.8) is 0 Å². The quantitative estimate of drug-likeness (QED) is 0.322. The number of nitrogens with zero attached hydrogens (tertiary/aromatic N) is 1. The number of ether oxygens (including phenoxy) is 2. The Labute approximate surface area is 157 Å². The second kappa shape index (κ2) is 10.3. The van der Waals surface area contributed by atoms with Gasteiger partial charge in [0, 0.05) is 11.8 Å². The third-order valence-corrected chi connectivity index (χ3v) is 3.37. The van der Waals surface area contributed by atoms with Gasteiger partial charge in [0.2, 0.25) is 0 Å². The Kier molecular flexibility index (Phi) is 7.42. The number of carbonyl (C=O) groups is 2. The molecule has 27 heavy (non-hydrogen) atoms. The average molecular weight is 365 g/mol. The number of hydrazine groups is 1. The molecule has 1 amide bonds. The van der Waals surface area contributed by atoms with E-state index in [2.05, 4.69) is 10.9 Å². The summed E-state index contributed by atoms with van der Waals surface area (Å²) >= 11 is 0. The number of nitrogens with one attached hydrogen (secondary N) is 2. The molecule has 0 fully saturated rings. The molecule has 0 heterocycles. The van der Waals surface area contributed by atoms with E-state index in [0.717, 1.165) is 17.3 Å². The highest BCUT2D eigenvalue weighted by Crippen LogP contribution is 2.29. The Morgan fingerprint density at radius 3 is 2.52 bits per heavy atom. The first-order valence-electron chi connectivity index (χ1n) is 8.24. The summed E-state index contributed by atoms with van der Waals surface area (Å²) in [5, 5.41) is 8.88. The predicted molar refractivity (Wildman–Crippen MR) is 99.0 cm³/mol. The lowest BCUT2D eigenvalue weighted by Crippen LogP contribution is -2.37. The van der Waals surface area contributed by atoms with E-state index >= 15 is 0 Å². The number of rotatable bonds is 8. The van der Waals surface area contributed by atoms with Crippen molar-refractivity contribution in [3.8, 4) is 22.9 Å². The van der Waals surface area contributed by atoms with Crippen LogP contribution in [0.3, 0.4) is 0 Å². The van der Waals surface area contributed by atoms with E-state index in [0.29, 0.717) is 5.75 Å². The number of hydrogen-bond donors (Lipinski definition) is 2. The molecule has 0 aromatic heterocycles. The van der Waals surface area contributed by atoms with E-state index in [1.54, 1.807) is 19.1 Å². The van der Waals surface area contributed by atoms with Crippen LogP contribution in [0.25, 0.3) is 11.1 Å². The molecule has 0 radical (unpaired) electrons. The first-order chi connectivity index (χ1) is 13.2. The molecule has 0 bridgehead atoms. The van der Waals surface area contributed by atoms with Crippen LogP contribution in [0.5, 0.6) is 5.75 Å². The van der Waals surface area contributed by atoms with E-state index < -0.39 is 11.9 Å². The maximum Gasteiger partial charge on any atom is 0.350 e. The van der Waals surface area contributed by atoms with Crippen LogP contribution in [0.4, 0.5) is 0 Å². The maximum atomic E-state index is 11.9. The van der Waals surface area contributed by atoms with Crippen LogP contribution in [0.15, 0.2) is 66.4 Å². The number of amides is 1. The minimum Gasteiger partial charge on any atom is -0.483 e. The SMILES string of the molecule is CCOC(=O)/C(C#N)=C/NNC(=O)COc1ccccc1-c1ccccc1. The van der Waals surface area contributed by atoms with E-state index in [9.17, 15) is 9.59 Å². The zero-order chi connectivity index (χ0) is 19.5. The van der Waals surface area contributed by atoms with Crippen LogP contribution in [-0.4, -0.2) is 25.1 Å². The zero-order valence-corrected chi connectivity index (χ0v) is 14.8. The predicted octanol–water partition coefficient (Wildman–Crippen LogP) is 2.32. The third-order valence-electron chi connectivity index (χ3n) is 3.37. The largest absolute Gasteiger partial charge is 0.483 e. The lowest BCUT2D eigenvalue weighted by molar-refractivity contribution is -0.138. The van der Waals surface area contributed by atoms with Gasteiger partial charge in [0.15, 0.2) is 12.2 Å². The molecule has 2 aromatic rings. The van der Waals surface area contributed by atoms with Crippen molar-refractivity contribution >= 4 is 11.9 Å². The fourth-order valence-electron chi connectivity index (χ4n) is 2.16. The Balaban J connectivity index is 1.92. The van der Waals surface area contributed by atoms with Crippen LogP contribution in [-0.2, 0) is 14.3 Å². The summed E-state index contributed by atoms with van der Waals surface area (Å²) in [5.41, 5.74) is 6.30. The molecule has 7 heteroatoms. The number of carbonyl (C=O) groups excluding carboxylic acids is 2. The summed E-state index contributed by atoms with van der Waals surface area (Å²) in [6, 6.07) is 18.7. The lowest BCUT2D eigenvalue weighted by Gasteiger charge is -2.11. The first-order valence-corrected chi connectivity index (χ1v) is 8.24. The van der Waals surface area contributed by atoms with Crippen molar-refractivity contribution in [2.24, 2.45) is 0 Å². The van der Waals surface area contributed by atoms with Crippen LogP contribution in [0, 0.1) is 11.3 Å². The van der Waals surface area contributed by atoms with Crippen molar-refractivity contribution in [2.45, 2.75) is 6.92 Å². The van der Waals surface area contributed by atoms with Gasteiger partial charge in [0.05, 0.1) is 6.61 Å². The van der Waals surface area contributed by atoms with Crippen molar-refractivity contribution in [1.82, 2.24) is 10.9 Å². The number of nitriles is 1. The third kappa shape index (κ3) is 5.90. The molecular formula is C20H19N3O4. The van der Waals surface area contributed by atoms with Gasteiger partial charge in [-0.3, -0.25) is 10.2 Å². The van der Waals surface area contributed by atoms with Crippen LogP contribution in [0.2, 0.25) is 0 Å². The Bertz CT molecular complexity index is 857. The monoisotopic (exact) mass is 365 g/mol. The Morgan fingerprint density at radius 2 is 1.81 bits per heavy atom. The van der Waals surface area contributed by atoms with Crippen molar-refractivity contribution in [3.05, 3.63) is 66.4 Å². The highest BCUT2D eigenvalue weighted by atomic mass is 16.5. The van der Waals surface area contributed by atoms with Crippen LogP contribution >= 0.6 is 0 Å². The van der Waals surface area contributed by atoms with Gasteiger partial charge in [-0.25, -0.2) is 4.79 Å². The number of para-hydroxylation sites is 1. The van der Waals surface area contributed by atoms with Crippen molar-refractivity contribution in [1.29, 1.82) is 5.26 Å². The molecular weight excluding hydrogens is 346 g/mol. The number of hydrogen-bond acceptors (Lipinski definition) is 6. The molecule has 0 aliphatic heterocycles. The lowest BCUT2D eigenvalue weighted by atomic mass is 10.1. The molecule has 0 aliphatic rings. The molecule has 0 saturated carbocycles. The highest BCUT2D eigenvalue weighted by molar-refractivity contribution is 5.92. The minimum absolute atomic E-state index is 0.152. The summed E-state index contributed by atoms with van der Waals surface area (Å²) in [6.45, 7) is 1.54. The summed E-state index contributed by atoms with van der Waals surface area (Å²) in [7, 11) is 0. The molecule has 0 unspecified atom stereocenters. The van der Waals surface area contributed by atoms with Gasteiger partial charge in [-0.15, -0.1) is 0 Å². The van der Waals surface area contributed by atoms with Gasteiger partial charge in [-0.2, -0.15) is 5.26 Å². The van der Waals surface area contributed by atoms with E-state index in [1.165, 1.54) is 0 Å². The van der Waals surface area contributed by atoms with Crippen molar-refractivity contribution < 1.29 is 19.1 Å². The molecule has 2 N–H and O–H groups in total. The topological polar surface area (TPSA) is 100 Å².